The van der Waals surface area contributed by atoms with Gasteiger partial charge in [0.25, 0.3) is 5.91 Å². The molecule has 210 valence electrons. The predicted octanol–water partition coefficient (Wildman–Crippen LogP) is 5.95. The summed E-state index contributed by atoms with van der Waals surface area (Å²) in [6, 6.07) is 19.3. The molecule has 0 radical (unpaired) electrons. The lowest BCUT2D eigenvalue weighted by Crippen LogP contribution is -2.45. The first-order chi connectivity index (χ1) is 19.1. The maximum Gasteiger partial charge on any atom is 0.407 e. The Bertz CT molecular complexity index is 1380. The van der Waals surface area contributed by atoms with Gasteiger partial charge in [-0.15, -0.1) is 0 Å². The lowest BCUT2D eigenvalue weighted by molar-refractivity contribution is -0.126. The van der Waals surface area contributed by atoms with Gasteiger partial charge in [0.05, 0.1) is 12.2 Å². The summed E-state index contributed by atoms with van der Waals surface area (Å²) in [5.41, 5.74) is 1.55. The van der Waals surface area contributed by atoms with Crippen molar-refractivity contribution in [1.29, 1.82) is 0 Å². The van der Waals surface area contributed by atoms with Crippen molar-refractivity contribution in [1.82, 2.24) is 5.32 Å². The monoisotopic (exact) mass is 546 g/mol. The first kappa shape index (κ1) is 28.5. The lowest BCUT2D eigenvalue weighted by atomic mass is 10.1. The number of carbonyl (C=O) groups is 3. The van der Waals surface area contributed by atoms with E-state index in [2.05, 4.69) is 5.32 Å². The zero-order valence-corrected chi connectivity index (χ0v) is 23.1. The van der Waals surface area contributed by atoms with Crippen molar-refractivity contribution < 1.29 is 33.7 Å². The van der Waals surface area contributed by atoms with Crippen molar-refractivity contribution in [2.45, 2.75) is 58.8 Å². The van der Waals surface area contributed by atoms with Crippen LogP contribution in [0.25, 0.3) is 0 Å². The number of carbonyl (C=O) groups excluding carboxylic acids is 2. The molecule has 0 aliphatic carbocycles. The number of rotatable bonds is 9. The second-order valence-electron chi connectivity index (χ2n) is 10.4. The number of aromatic carboxylic acids is 1. The molecule has 40 heavy (non-hydrogen) atoms. The van der Waals surface area contributed by atoms with Crippen molar-refractivity contribution >= 4 is 23.7 Å². The van der Waals surface area contributed by atoms with Crippen LogP contribution in [0.1, 0.15) is 55.6 Å². The van der Waals surface area contributed by atoms with E-state index >= 15 is 0 Å². The summed E-state index contributed by atoms with van der Waals surface area (Å²) in [6.45, 7) is 7.80. The highest BCUT2D eigenvalue weighted by atomic mass is 16.6. The molecule has 1 aliphatic rings. The fourth-order valence-electron chi connectivity index (χ4n) is 4.33. The normalized spacial score (nSPS) is 14.7. The highest BCUT2D eigenvalue weighted by Crippen LogP contribution is 2.38. The van der Waals surface area contributed by atoms with Gasteiger partial charge in [-0.2, -0.15) is 0 Å². The van der Waals surface area contributed by atoms with Gasteiger partial charge in [-0.05, 0) is 69.5 Å². The molecule has 9 heteroatoms. The van der Waals surface area contributed by atoms with Gasteiger partial charge in [-0.3, -0.25) is 4.79 Å². The van der Waals surface area contributed by atoms with Gasteiger partial charge in [0.2, 0.25) is 0 Å². The molecule has 9 nitrogen and oxygen atoms in total. The minimum absolute atomic E-state index is 0.0100. The minimum atomic E-state index is -1.14. The Morgan fingerprint density at radius 1 is 1.02 bits per heavy atom. The fourth-order valence-corrected chi connectivity index (χ4v) is 4.33. The van der Waals surface area contributed by atoms with Crippen molar-refractivity contribution in [3.05, 3.63) is 83.4 Å². The van der Waals surface area contributed by atoms with Gasteiger partial charge in [0.15, 0.2) is 6.10 Å². The molecule has 2 amide bonds. The third kappa shape index (κ3) is 6.91. The summed E-state index contributed by atoms with van der Waals surface area (Å²) in [7, 11) is 0. The Hall–Kier alpha value is -4.53. The second kappa shape index (κ2) is 12.1. The van der Waals surface area contributed by atoms with Gasteiger partial charge < -0.3 is 29.5 Å². The van der Waals surface area contributed by atoms with Crippen molar-refractivity contribution in [3.63, 3.8) is 0 Å². The average molecular weight is 547 g/mol. The summed E-state index contributed by atoms with van der Waals surface area (Å²) >= 11 is 0. The van der Waals surface area contributed by atoms with E-state index in [-0.39, 0.29) is 23.8 Å². The van der Waals surface area contributed by atoms with E-state index in [1.165, 1.54) is 6.07 Å². The van der Waals surface area contributed by atoms with E-state index in [0.717, 1.165) is 5.56 Å². The Morgan fingerprint density at radius 2 is 1.75 bits per heavy atom. The molecule has 0 bridgehead atoms. The van der Waals surface area contributed by atoms with Crippen molar-refractivity contribution in [2.24, 2.45) is 0 Å². The van der Waals surface area contributed by atoms with Gasteiger partial charge in [0, 0.05) is 12.1 Å². The fraction of sp³-hybridized carbons (Fsp3) is 0.323. The number of amides is 2. The van der Waals surface area contributed by atoms with Crippen LogP contribution < -0.4 is 19.7 Å². The van der Waals surface area contributed by atoms with Crippen LogP contribution in [-0.4, -0.2) is 41.3 Å². The molecular weight excluding hydrogens is 512 g/mol. The molecule has 1 unspecified atom stereocenters. The zero-order chi connectivity index (χ0) is 28.9. The molecule has 1 atom stereocenters. The van der Waals surface area contributed by atoms with Crippen molar-refractivity contribution in [3.8, 4) is 17.2 Å². The first-order valence-corrected chi connectivity index (χ1v) is 13.2. The first-order valence-electron chi connectivity index (χ1n) is 13.2. The second-order valence-corrected chi connectivity index (χ2v) is 10.4. The molecule has 0 aromatic heterocycles. The quantitative estimate of drug-likeness (QED) is 0.341. The molecule has 3 aromatic carbocycles. The van der Waals surface area contributed by atoms with Crippen LogP contribution in [0, 0.1) is 0 Å². The summed E-state index contributed by atoms with van der Waals surface area (Å²) < 4.78 is 17.3. The minimum Gasteiger partial charge on any atom is -0.478 e. The summed E-state index contributed by atoms with van der Waals surface area (Å²) in [6.07, 6.45) is -0.0219. The number of anilines is 1. The molecule has 0 saturated carbocycles. The van der Waals surface area contributed by atoms with Crippen LogP contribution in [0.2, 0.25) is 0 Å². The standard InChI is InChI=1S/C31H34N2O7/c1-5-25-28(34)33(24-11-6-7-12-26(24)39-25)19-21-9-8-10-23(29(35)36)27(21)38-22-15-13-20(14-16-22)17-18-32-30(37)40-31(2,3)4/h6-16,25H,5,17-19H2,1-4H3,(H,32,37)(H,35,36). The van der Waals surface area contributed by atoms with E-state index < -0.39 is 23.8 Å². The van der Waals surface area contributed by atoms with Gasteiger partial charge in [-0.1, -0.05) is 43.3 Å². The number of carboxylic acids is 1. The Kier molecular flexibility index (Phi) is 8.62. The van der Waals surface area contributed by atoms with E-state index in [1.54, 1.807) is 56.0 Å². The maximum atomic E-state index is 13.3. The smallest absolute Gasteiger partial charge is 0.407 e. The lowest BCUT2D eigenvalue weighted by Gasteiger charge is -2.34. The summed E-state index contributed by atoms with van der Waals surface area (Å²) in [5, 5.41) is 12.6. The van der Waals surface area contributed by atoms with Gasteiger partial charge >= 0.3 is 12.1 Å². The number of hydrogen-bond acceptors (Lipinski definition) is 6. The number of nitrogens with zero attached hydrogens (tertiary/aromatic N) is 1. The molecule has 1 aliphatic heterocycles. The molecule has 0 spiro atoms. The van der Waals surface area contributed by atoms with E-state index in [0.29, 0.717) is 42.1 Å². The molecule has 1 heterocycles. The van der Waals surface area contributed by atoms with E-state index in [1.807, 2.05) is 37.3 Å². The predicted molar refractivity (Wildman–Crippen MR) is 150 cm³/mol. The topological polar surface area (TPSA) is 114 Å². The zero-order valence-electron chi connectivity index (χ0n) is 23.1. The highest BCUT2D eigenvalue weighted by Gasteiger charge is 2.34. The van der Waals surface area contributed by atoms with Gasteiger partial charge in [-0.25, -0.2) is 9.59 Å². The summed E-state index contributed by atoms with van der Waals surface area (Å²) in [5.74, 6) is -0.125. The third-order valence-corrected chi connectivity index (χ3v) is 6.22. The number of benzene rings is 3. The summed E-state index contributed by atoms with van der Waals surface area (Å²) in [4.78, 5) is 38.8. The number of carboxylic acid groups (broad SMARTS) is 1. The van der Waals surface area contributed by atoms with Crippen LogP contribution in [0.4, 0.5) is 10.5 Å². The molecule has 0 fully saturated rings. The number of fused-ring (bicyclic) bond motifs is 1. The van der Waals surface area contributed by atoms with Gasteiger partial charge in [0.1, 0.15) is 28.4 Å². The molecule has 2 N–H and O–H groups in total. The number of nitrogens with one attached hydrogen (secondary N) is 1. The van der Waals surface area contributed by atoms with Crippen LogP contribution in [0.5, 0.6) is 17.2 Å². The molecule has 3 aromatic rings. The van der Waals surface area contributed by atoms with Crippen LogP contribution >= 0.6 is 0 Å². The average Bonchev–Trinajstić information content (AvgIpc) is 2.90. The van der Waals surface area contributed by atoms with Crippen LogP contribution in [0.3, 0.4) is 0 Å². The third-order valence-electron chi connectivity index (χ3n) is 6.22. The van der Waals surface area contributed by atoms with E-state index in [4.69, 9.17) is 14.2 Å². The molecule has 4 rings (SSSR count). The number of hydrogen-bond donors (Lipinski definition) is 2. The Labute approximate surface area is 233 Å². The molecule has 0 saturated heterocycles. The Morgan fingerprint density at radius 3 is 2.42 bits per heavy atom. The molecular formula is C31H34N2O7. The number of alkyl carbamates (subject to hydrolysis) is 1. The highest BCUT2D eigenvalue weighted by molar-refractivity contribution is 6.00. The SMILES string of the molecule is CCC1Oc2ccccc2N(Cc2cccc(C(=O)O)c2Oc2ccc(CCNC(=O)OC(C)(C)C)cc2)C1=O. The largest absolute Gasteiger partial charge is 0.478 e. The Balaban J connectivity index is 1.53. The van der Waals surface area contributed by atoms with Crippen LogP contribution in [-0.2, 0) is 22.5 Å². The number of ether oxygens (including phenoxy) is 3. The maximum absolute atomic E-state index is 13.3. The van der Waals surface area contributed by atoms with E-state index in [9.17, 15) is 19.5 Å². The van der Waals surface area contributed by atoms with Crippen molar-refractivity contribution in [2.75, 3.05) is 11.4 Å². The number of para-hydroxylation sites is 3. The van der Waals surface area contributed by atoms with Crippen LogP contribution in [0.15, 0.2) is 66.7 Å².